The van der Waals surface area contributed by atoms with Gasteiger partial charge in [-0.25, -0.2) is 0 Å². The predicted molar refractivity (Wildman–Crippen MR) is 65.7 cm³/mol. The summed E-state index contributed by atoms with van der Waals surface area (Å²) in [5, 5.41) is 9.64. The Hall–Kier alpha value is -0.520. The van der Waals surface area contributed by atoms with Crippen molar-refractivity contribution in [2.45, 2.75) is 52.6 Å². The Kier molecular flexibility index (Phi) is 7.46. The molecule has 0 aliphatic rings. The largest absolute Gasteiger partial charge is 0.378 e. The molecule has 0 aromatic rings. The van der Waals surface area contributed by atoms with Gasteiger partial charge in [0.05, 0.1) is 0 Å². The highest BCUT2D eigenvalue weighted by Gasteiger charge is 2.11. The van der Waals surface area contributed by atoms with Crippen LogP contribution in [0, 0.1) is 11.8 Å². The SMILES string of the molecule is CCN(CC)CCCC#CC(C)(O)CC. The Bertz CT molecular complexity index is 208. The third-order valence-corrected chi connectivity index (χ3v) is 2.72. The van der Waals surface area contributed by atoms with Crippen molar-refractivity contribution >= 4 is 0 Å². The Morgan fingerprint density at radius 3 is 2.27 bits per heavy atom. The van der Waals surface area contributed by atoms with Crippen LogP contribution in [0.2, 0.25) is 0 Å². The van der Waals surface area contributed by atoms with Crippen LogP contribution in [-0.2, 0) is 0 Å². The van der Waals surface area contributed by atoms with Crippen molar-refractivity contribution in [2.24, 2.45) is 0 Å². The van der Waals surface area contributed by atoms with Gasteiger partial charge in [0.25, 0.3) is 0 Å². The van der Waals surface area contributed by atoms with Crippen LogP contribution in [0.15, 0.2) is 0 Å². The second-order valence-corrected chi connectivity index (χ2v) is 4.06. The molecule has 0 aliphatic carbocycles. The lowest BCUT2D eigenvalue weighted by Gasteiger charge is -2.16. The quantitative estimate of drug-likeness (QED) is 0.538. The Morgan fingerprint density at radius 1 is 1.20 bits per heavy atom. The first-order chi connectivity index (χ1) is 7.05. The van der Waals surface area contributed by atoms with Crippen molar-refractivity contribution in [3.63, 3.8) is 0 Å². The number of aliphatic hydroxyl groups is 1. The van der Waals surface area contributed by atoms with Crippen LogP contribution in [0.5, 0.6) is 0 Å². The molecule has 2 heteroatoms. The van der Waals surface area contributed by atoms with E-state index in [1.165, 1.54) is 0 Å². The van der Waals surface area contributed by atoms with E-state index in [2.05, 4.69) is 30.6 Å². The molecule has 0 saturated heterocycles. The van der Waals surface area contributed by atoms with Gasteiger partial charge in [0.15, 0.2) is 0 Å². The van der Waals surface area contributed by atoms with Gasteiger partial charge in [-0.05, 0) is 39.4 Å². The van der Waals surface area contributed by atoms with Gasteiger partial charge in [0, 0.05) is 6.42 Å². The van der Waals surface area contributed by atoms with Crippen molar-refractivity contribution in [3.8, 4) is 11.8 Å². The number of nitrogens with zero attached hydrogens (tertiary/aromatic N) is 1. The second-order valence-electron chi connectivity index (χ2n) is 4.06. The average Bonchev–Trinajstić information content (AvgIpc) is 2.23. The van der Waals surface area contributed by atoms with Crippen molar-refractivity contribution in [2.75, 3.05) is 19.6 Å². The summed E-state index contributed by atoms with van der Waals surface area (Å²) >= 11 is 0. The maximum Gasteiger partial charge on any atom is 0.122 e. The molecule has 0 radical (unpaired) electrons. The van der Waals surface area contributed by atoms with E-state index in [0.717, 1.165) is 32.5 Å². The fourth-order valence-electron chi connectivity index (χ4n) is 1.27. The van der Waals surface area contributed by atoms with E-state index in [1.807, 2.05) is 6.92 Å². The molecule has 0 aromatic carbocycles. The zero-order chi connectivity index (χ0) is 11.7. The van der Waals surface area contributed by atoms with Crippen molar-refractivity contribution in [3.05, 3.63) is 0 Å². The normalized spacial score (nSPS) is 14.5. The molecule has 0 saturated carbocycles. The van der Waals surface area contributed by atoms with Crippen LogP contribution < -0.4 is 0 Å². The number of hydrogen-bond acceptors (Lipinski definition) is 2. The highest BCUT2D eigenvalue weighted by Crippen LogP contribution is 2.05. The van der Waals surface area contributed by atoms with Crippen LogP contribution in [0.1, 0.15) is 47.0 Å². The molecule has 1 N–H and O–H groups in total. The Labute approximate surface area is 94.7 Å². The van der Waals surface area contributed by atoms with Gasteiger partial charge in [0.2, 0.25) is 0 Å². The van der Waals surface area contributed by atoms with Crippen molar-refractivity contribution < 1.29 is 5.11 Å². The molecule has 0 spiro atoms. The standard InChI is InChI=1S/C13H25NO/c1-5-13(4,15)11-9-8-10-12-14(6-2)7-3/h15H,5-8,10,12H2,1-4H3. The lowest BCUT2D eigenvalue weighted by molar-refractivity contribution is 0.118. The van der Waals surface area contributed by atoms with Crippen LogP contribution in [0.3, 0.4) is 0 Å². The van der Waals surface area contributed by atoms with E-state index in [1.54, 1.807) is 6.92 Å². The average molecular weight is 211 g/mol. The first-order valence-corrected chi connectivity index (χ1v) is 6.00. The van der Waals surface area contributed by atoms with Crippen LogP contribution in [-0.4, -0.2) is 35.2 Å². The maximum absolute atomic E-state index is 9.64. The third kappa shape index (κ3) is 7.41. The van der Waals surface area contributed by atoms with Gasteiger partial charge in [0.1, 0.15) is 5.60 Å². The summed E-state index contributed by atoms with van der Waals surface area (Å²) in [6, 6.07) is 0. The molecule has 88 valence electrons. The minimum Gasteiger partial charge on any atom is -0.378 e. The molecule has 1 unspecified atom stereocenters. The zero-order valence-electron chi connectivity index (χ0n) is 10.6. The van der Waals surface area contributed by atoms with Gasteiger partial charge in [-0.3, -0.25) is 0 Å². The van der Waals surface area contributed by atoms with E-state index in [-0.39, 0.29) is 0 Å². The molecule has 2 nitrogen and oxygen atoms in total. The highest BCUT2D eigenvalue weighted by atomic mass is 16.3. The molecule has 0 heterocycles. The lowest BCUT2D eigenvalue weighted by atomic mass is 10.0. The number of rotatable bonds is 6. The van der Waals surface area contributed by atoms with E-state index < -0.39 is 5.60 Å². The van der Waals surface area contributed by atoms with Crippen LogP contribution >= 0.6 is 0 Å². The van der Waals surface area contributed by atoms with Crippen molar-refractivity contribution in [1.82, 2.24) is 4.90 Å². The highest BCUT2D eigenvalue weighted by molar-refractivity contribution is 5.11. The molecular weight excluding hydrogens is 186 g/mol. The van der Waals surface area contributed by atoms with Gasteiger partial charge in [-0.2, -0.15) is 0 Å². The minimum atomic E-state index is -0.796. The monoisotopic (exact) mass is 211 g/mol. The molecule has 0 aromatic heterocycles. The van der Waals surface area contributed by atoms with Gasteiger partial charge in [-0.15, -0.1) is 5.92 Å². The van der Waals surface area contributed by atoms with Crippen LogP contribution in [0.25, 0.3) is 0 Å². The molecule has 0 aliphatic heterocycles. The number of unbranched alkanes of at least 4 members (excludes halogenated alkanes) is 1. The molecule has 0 fully saturated rings. The molecular formula is C13H25NO. The van der Waals surface area contributed by atoms with E-state index in [4.69, 9.17) is 0 Å². The zero-order valence-corrected chi connectivity index (χ0v) is 10.6. The first kappa shape index (κ1) is 14.5. The summed E-state index contributed by atoms with van der Waals surface area (Å²) in [7, 11) is 0. The Balaban J connectivity index is 3.70. The molecule has 0 amide bonds. The van der Waals surface area contributed by atoms with Gasteiger partial charge >= 0.3 is 0 Å². The second kappa shape index (κ2) is 7.73. The maximum atomic E-state index is 9.64. The fourth-order valence-corrected chi connectivity index (χ4v) is 1.27. The summed E-state index contributed by atoms with van der Waals surface area (Å²) in [5.74, 6) is 5.96. The van der Waals surface area contributed by atoms with Crippen molar-refractivity contribution in [1.29, 1.82) is 0 Å². The summed E-state index contributed by atoms with van der Waals surface area (Å²) in [5.41, 5.74) is -0.796. The van der Waals surface area contributed by atoms with E-state index in [0.29, 0.717) is 6.42 Å². The van der Waals surface area contributed by atoms with Gasteiger partial charge < -0.3 is 10.0 Å². The summed E-state index contributed by atoms with van der Waals surface area (Å²) in [6.07, 6.45) is 2.66. The molecule has 0 rings (SSSR count). The van der Waals surface area contributed by atoms with E-state index in [9.17, 15) is 5.11 Å². The summed E-state index contributed by atoms with van der Waals surface area (Å²) in [4.78, 5) is 2.39. The smallest absolute Gasteiger partial charge is 0.122 e. The molecule has 0 bridgehead atoms. The first-order valence-electron chi connectivity index (χ1n) is 6.00. The molecule has 15 heavy (non-hydrogen) atoms. The summed E-state index contributed by atoms with van der Waals surface area (Å²) in [6.45, 7) is 11.4. The third-order valence-electron chi connectivity index (χ3n) is 2.72. The van der Waals surface area contributed by atoms with E-state index >= 15 is 0 Å². The minimum absolute atomic E-state index is 0.691. The Morgan fingerprint density at radius 2 is 1.80 bits per heavy atom. The molecule has 1 atom stereocenters. The summed E-state index contributed by atoms with van der Waals surface area (Å²) < 4.78 is 0. The number of hydrogen-bond donors (Lipinski definition) is 1. The predicted octanol–water partition coefficient (Wildman–Crippen LogP) is 2.27. The van der Waals surface area contributed by atoms with Gasteiger partial charge in [-0.1, -0.05) is 26.7 Å². The van der Waals surface area contributed by atoms with Crippen LogP contribution in [0.4, 0.5) is 0 Å². The fraction of sp³-hybridized carbons (Fsp3) is 0.846. The lowest BCUT2D eigenvalue weighted by Crippen LogP contribution is -2.23. The topological polar surface area (TPSA) is 23.5 Å².